The number of aldehydes is 1. The van der Waals surface area contributed by atoms with E-state index < -0.39 is 156 Å². The van der Waals surface area contributed by atoms with Crippen molar-refractivity contribution in [2.24, 2.45) is 29.0 Å². The van der Waals surface area contributed by atoms with Crippen LogP contribution >= 0.6 is 23.5 Å². The maximum absolute atomic E-state index is 15.3. The number of para-hydroxylation sites is 1. The third kappa shape index (κ3) is 30.6. The molecule has 17 N–H and O–H groups in total. The van der Waals surface area contributed by atoms with Gasteiger partial charge in [-0.3, -0.25) is 67.2 Å². The number of benzene rings is 2. The molecule has 3 aromatic rings. The number of aromatic amines is 1. The van der Waals surface area contributed by atoms with Gasteiger partial charge < -0.3 is 89.6 Å². The molecule has 3 heterocycles. The quantitative estimate of drug-likeness (QED) is 0.0167. The number of nitrogens with zero attached hydrogens (tertiary/aromatic N) is 1. The number of likely N-dealkylation sites (N-methyl/N-ethyl adjacent to an activating group) is 1. The normalized spacial score (nSPS) is 18.9. The molecule has 6 rings (SSSR count). The topological polar surface area (TPSA) is 509 Å². The van der Waals surface area contributed by atoms with Crippen LogP contribution in [0.4, 0.5) is 0 Å². The van der Waals surface area contributed by atoms with Crippen molar-refractivity contribution in [1.29, 1.82) is 0 Å². The fourth-order valence-corrected chi connectivity index (χ4v) is 15.2. The highest BCUT2D eigenvalue weighted by Gasteiger charge is 2.42. The van der Waals surface area contributed by atoms with Gasteiger partial charge in [-0.2, -0.15) is 28.4 Å². The summed E-state index contributed by atoms with van der Waals surface area (Å²) >= 11 is 2.83. The molecule has 33 nitrogen and oxygen atoms in total. The van der Waals surface area contributed by atoms with Gasteiger partial charge in [-0.15, -0.1) is 0 Å². The molecule has 2 aromatic carbocycles. The molecule has 35 heteroatoms. The van der Waals surface area contributed by atoms with Gasteiger partial charge in [0.25, 0.3) is 0 Å². The second-order valence-corrected chi connectivity index (χ2v) is 30.1. The zero-order valence-corrected chi connectivity index (χ0v) is 64.6. The smallest absolute Gasteiger partial charge is 0.344 e. The lowest BCUT2D eigenvalue weighted by molar-refractivity contribution is -0.255. The maximum atomic E-state index is 15.3. The number of Topliss-reactive ketones (excluding diaryl/α,β-unsaturated/α-hetero) is 1. The maximum Gasteiger partial charge on any atom is 0.344 e. The number of carboxylic acid groups (broad SMARTS) is 1. The number of carbonyl (C=O) groups excluding carboxylic acids is 14. The van der Waals surface area contributed by atoms with Gasteiger partial charge in [0, 0.05) is 84.7 Å². The lowest BCUT2D eigenvalue weighted by Gasteiger charge is -2.32. The van der Waals surface area contributed by atoms with Gasteiger partial charge in [0.15, 0.2) is 5.78 Å². The monoisotopic (exact) mass is 1570 g/mol. The Morgan fingerprint density at radius 3 is 2.18 bits per heavy atom. The van der Waals surface area contributed by atoms with Gasteiger partial charge in [-0.05, 0) is 119 Å². The number of primary amides is 2. The number of amides is 11. The van der Waals surface area contributed by atoms with Gasteiger partial charge in [-0.1, -0.05) is 82.6 Å². The summed E-state index contributed by atoms with van der Waals surface area (Å²) in [6.45, 7) is 2.30. The lowest BCUT2D eigenvalue weighted by atomic mass is 9.80. The van der Waals surface area contributed by atoms with E-state index in [1.165, 1.54) is 28.4 Å². The van der Waals surface area contributed by atoms with Crippen LogP contribution in [0, 0.1) is 11.8 Å². The second-order valence-electron chi connectivity index (χ2n) is 28.1. The number of hydrogen-bond donors (Lipinski definition) is 14. The van der Waals surface area contributed by atoms with Crippen LogP contribution in [-0.2, 0) is 99.6 Å². The van der Waals surface area contributed by atoms with E-state index >= 15 is 4.79 Å². The molecule has 0 radical (unpaired) electrons. The Morgan fingerprint density at radius 1 is 0.782 bits per heavy atom. The number of thioether (sulfide) groups is 2. The zero-order chi connectivity index (χ0) is 80.1. The number of carbonyl (C=O) groups is 15. The van der Waals surface area contributed by atoms with E-state index in [1.807, 2.05) is 25.1 Å². The van der Waals surface area contributed by atoms with E-state index in [2.05, 4.69) is 57.7 Å². The average Bonchev–Trinajstić information content (AvgIpc) is 1.64. The lowest BCUT2D eigenvalue weighted by Crippen LogP contribution is -2.61. The highest BCUT2D eigenvalue weighted by Crippen LogP contribution is 2.32. The fraction of sp³-hybridized carbons (Fsp3) is 0.613. The predicted molar refractivity (Wildman–Crippen MR) is 409 cm³/mol. The van der Waals surface area contributed by atoms with E-state index in [4.69, 9.17) is 26.8 Å². The van der Waals surface area contributed by atoms with Crippen molar-refractivity contribution in [2.45, 2.75) is 227 Å². The Labute approximate surface area is 648 Å². The fourth-order valence-electron chi connectivity index (χ4n) is 13.1. The first-order valence-corrected chi connectivity index (χ1v) is 40.2. The number of ketones is 1. The van der Waals surface area contributed by atoms with Gasteiger partial charge in [0.1, 0.15) is 54.3 Å². The summed E-state index contributed by atoms with van der Waals surface area (Å²) in [6, 6.07) is 0.782. The molecule has 2 aliphatic heterocycles. The molecule has 110 heavy (non-hydrogen) atoms. The van der Waals surface area contributed by atoms with Crippen molar-refractivity contribution in [3.8, 4) is 5.75 Å². The number of H-pyrrole nitrogens is 1. The number of carboxylic acids is 1. The molecule has 2 fully saturated rings. The molecule has 1 saturated heterocycles. The van der Waals surface area contributed by atoms with Crippen molar-refractivity contribution < 1.29 is 91.5 Å². The van der Waals surface area contributed by atoms with Gasteiger partial charge in [-0.25, -0.2) is 4.79 Å². The molecule has 606 valence electrons. The zero-order valence-electron chi connectivity index (χ0n) is 63.0. The molecule has 11 amide bonds. The second kappa shape index (κ2) is 47.8. The molecular weight excluding hydrogens is 1470 g/mol. The number of fused-ring (bicyclic) bond motifs is 3. The number of aromatic nitrogens is 1. The van der Waals surface area contributed by atoms with Crippen LogP contribution in [-0.4, -0.2) is 210 Å². The molecule has 1 aromatic heterocycles. The molecular formula is C75H110N14O19S2. The molecule has 10 atom stereocenters. The van der Waals surface area contributed by atoms with Crippen LogP contribution in [0.25, 0.3) is 10.9 Å². The molecule has 1 saturated carbocycles. The summed E-state index contributed by atoms with van der Waals surface area (Å²) < 4.78 is 6.27. The number of nitrogens with one attached hydrogen (secondary N) is 10. The first-order valence-electron chi connectivity index (χ1n) is 37.9. The number of hydrogen-bond acceptors (Lipinski definition) is 22. The summed E-state index contributed by atoms with van der Waals surface area (Å²) in [5, 5.41) is 34.2. The molecule has 2 bridgehead atoms. The van der Waals surface area contributed by atoms with Crippen LogP contribution in [0.15, 0.2) is 48.7 Å². The third-order valence-electron chi connectivity index (χ3n) is 19.5. The Bertz CT molecular complexity index is 3640. The summed E-state index contributed by atoms with van der Waals surface area (Å²) in [4.78, 5) is 219. The predicted octanol–water partition coefficient (Wildman–Crippen LogP) is 1.70. The minimum Gasteiger partial charge on any atom is -0.494 e. The number of rotatable bonds is 40. The number of aliphatic carboxylic acids is 1. The van der Waals surface area contributed by atoms with E-state index in [-0.39, 0.29) is 88.5 Å². The SMILES string of the molecule is CCCC[C@H](NC(=O)[C@@H]1CCCN1C(=O)[C@@H]1CSCc2cc(CSC[C@H](NC)C(N)=O)cc(c2)OCCCCCCC(=O)NCC(=O)C[C@@H](CCCCN)C(=O)N1)C(=O)N[C@@H](CC(=O)OOC)C(=O)N[C@@H](CC1CCC1)C(=O)N[C@@H](Cc1c[nH]c2ccccc12)C(=O)N[C@@H](CCC(N)=O)C(=O)N[C@H](C=O)CCC(=O)O. The highest BCUT2D eigenvalue weighted by atomic mass is 32.2. The number of likely N-dealkylation sites (tertiary alicyclic amines) is 1. The van der Waals surface area contributed by atoms with Crippen LogP contribution < -0.4 is 69.8 Å². The van der Waals surface area contributed by atoms with Gasteiger partial charge >= 0.3 is 11.9 Å². The first-order chi connectivity index (χ1) is 52.8. The average molecular weight is 1580 g/mol. The molecule has 0 unspecified atom stereocenters. The molecule has 0 spiro atoms. The number of nitrogens with two attached hydrogens (primary N) is 3. The first kappa shape index (κ1) is 89.7. The van der Waals surface area contributed by atoms with Gasteiger partial charge in [0.05, 0.1) is 38.8 Å². The standard InChI is InChI=1S/C75H110N14O19S2/c1-4-5-20-55(84-74(104)62-22-15-29-89(62)75(105)61-44-110-42-47-31-46(41-109-43-60(79-2)67(78)97)32-52(33-47)107-30-13-7-6-8-23-64(93)81-39-51(91)35-48(68(98)88-61)18-11-12-28-76)70(100)87-59(37-66(96)108-106-3)73(103)85-57(34-45-16-14-17-45)71(101)86-58(36-49-38-80-54-21-10-9-19-53(49)54)72(102)83-56(25-26-63(77)92)69(99)82-50(40-90)24-27-65(94)95/h9-10,19,21,31-33,38,40,45,48,50,55-62,79-80H,4-8,11-18,20,22-30,34-37,39,41-44,76H2,1-3H3,(H2,77,92)(H2,78,97)(H,81,93)(H,82,99)(H,83,102)(H,84,104)(H,85,103)(H,86,101)(H,87,100)(H,88,98)(H,94,95)/t48-,50+,55+,56+,57+,58+,59+,60+,61+,62+/m1/s1. The minimum atomic E-state index is -1.82. The molecule has 1 aliphatic carbocycles. The Hall–Kier alpha value is -9.19. The summed E-state index contributed by atoms with van der Waals surface area (Å²) in [5.41, 5.74) is 19.8. The molecule has 3 aliphatic rings. The highest BCUT2D eigenvalue weighted by molar-refractivity contribution is 7.98. The Balaban J connectivity index is 1.26. The van der Waals surface area contributed by atoms with Crippen molar-refractivity contribution in [3.05, 3.63) is 65.4 Å². The van der Waals surface area contributed by atoms with Crippen LogP contribution in [0.1, 0.15) is 171 Å². The van der Waals surface area contributed by atoms with Crippen LogP contribution in [0.5, 0.6) is 5.75 Å². The number of ether oxygens (including phenoxy) is 1. The van der Waals surface area contributed by atoms with Crippen molar-refractivity contribution >= 4 is 123 Å². The van der Waals surface area contributed by atoms with Gasteiger partial charge in [0.2, 0.25) is 65.0 Å². The van der Waals surface area contributed by atoms with E-state index in [1.54, 1.807) is 37.5 Å². The van der Waals surface area contributed by atoms with E-state index in [0.29, 0.717) is 117 Å². The largest absolute Gasteiger partial charge is 0.494 e. The van der Waals surface area contributed by atoms with Crippen LogP contribution in [0.3, 0.4) is 0 Å². The van der Waals surface area contributed by atoms with Crippen molar-refractivity contribution in [3.63, 3.8) is 0 Å². The van der Waals surface area contributed by atoms with E-state index in [0.717, 1.165) is 37.5 Å². The van der Waals surface area contributed by atoms with E-state index in [9.17, 15) is 72.2 Å². The van der Waals surface area contributed by atoms with Crippen LogP contribution in [0.2, 0.25) is 0 Å². The summed E-state index contributed by atoms with van der Waals surface area (Å²) in [7, 11) is 2.69. The minimum absolute atomic E-state index is 0.00335. The van der Waals surface area contributed by atoms with Crippen molar-refractivity contribution in [1.82, 2.24) is 57.7 Å². The summed E-state index contributed by atoms with van der Waals surface area (Å²) in [5.74, 6) is -10.5. The van der Waals surface area contributed by atoms with Crippen molar-refractivity contribution in [2.75, 3.05) is 51.9 Å². The Morgan fingerprint density at radius 2 is 1.48 bits per heavy atom. The Kier molecular flexibility index (Phi) is 39.0. The third-order valence-corrected chi connectivity index (χ3v) is 21.7. The summed E-state index contributed by atoms with van der Waals surface area (Å²) in [6.07, 6.45) is 6.69. The number of unbranched alkanes of at least 4 members (excludes halogenated alkanes) is 2.